The Morgan fingerprint density at radius 1 is 0.964 bits per heavy atom. The summed E-state index contributed by atoms with van der Waals surface area (Å²) in [7, 11) is 1.80. The van der Waals surface area contributed by atoms with Crippen LogP contribution < -0.4 is 10.6 Å². The van der Waals surface area contributed by atoms with Gasteiger partial charge in [-0.05, 0) is 28.7 Å². The molecule has 0 saturated heterocycles. The van der Waals surface area contributed by atoms with Crippen molar-refractivity contribution >= 4 is 29.9 Å². The lowest BCUT2D eigenvalue weighted by molar-refractivity contribution is 0.791. The first-order valence-corrected chi connectivity index (χ1v) is 9.33. The Morgan fingerprint density at radius 2 is 1.64 bits per heavy atom. The van der Waals surface area contributed by atoms with Gasteiger partial charge in [0.05, 0.1) is 6.33 Å². The summed E-state index contributed by atoms with van der Waals surface area (Å²) in [5.41, 5.74) is 5.16. The quantitative estimate of drug-likeness (QED) is 0.300. The Balaban J connectivity index is 0.00000280. The molecule has 0 bridgehead atoms. The molecule has 1 heterocycles. The third-order valence-electron chi connectivity index (χ3n) is 4.58. The van der Waals surface area contributed by atoms with Crippen LogP contribution in [0.1, 0.15) is 29.2 Å². The van der Waals surface area contributed by atoms with Crippen molar-refractivity contribution in [1.82, 2.24) is 20.2 Å². The van der Waals surface area contributed by atoms with E-state index in [4.69, 9.17) is 0 Å². The Bertz CT molecular complexity index is 857. The van der Waals surface area contributed by atoms with Crippen molar-refractivity contribution < 1.29 is 0 Å². The van der Waals surface area contributed by atoms with Crippen LogP contribution in [-0.2, 0) is 26.1 Å². The van der Waals surface area contributed by atoms with Crippen LogP contribution in [0.25, 0.3) is 0 Å². The number of aryl methyl sites for hydroxylation is 1. The van der Waals surface area contributed by atoms with Gasteiger partial charge in [0, 0.05) is 39.1 Å². The van der Waals surface area contributed by atoms with Crippen LogP contribution >= 0.6 is 24.0 Å². The number of hydrogen-bond acceptors (Lipinski definition) is 2. The molecule has 0 aliphatic rings. The lowest BCUT2D eigenvalue weighted by Crippen LogP contribution is -2.36. The maximum atomic E-state index is 4.33. The summed E-state index contributed by atoms with van der Waals surface area (Å²) in [4.78, 5) is 8.40. The highest BCUT2D eigenvalue weighted by molar-refractivity contribution is 14.0. The van der Waals surface area contributed by atoms with E-state index in [-0.39, 0.29) is 24.0 Å². The summed E-state index contributed by atoms with van der Waals surface area (Å²) < 4.78 is 2.06. The van der Waals surface area contributed by atoms with E-state index in [0.29, 0.717) is 0 Å². The topological polar surface area (TPSA) is 54.2 Å². The molecule has 0 unspecified atom stereocenters. The van der Waals surface area contributed by atoms with Gasteiger partial charge in [0.25, 0.3) is 0 Å². The second-order valence-corrected chi connectivity index (χ2v) is 6.45. The number of nitrogens with zero attached hydrogens (tertiary/aromatic N) is 3. The van der Waals surface area contributed by atoms with E-state index in [1.54, 1.807) is 13.2 Å². The number of hydrogen-bond donors (Lipinski definition) is 2. The zero-order valence-electron chi connectivity index (χ0n) is 16.4. The first-order chi connectivity index (χ1) is 13.3. The van der Waals surface area contributed by atoms with E-state index >= 15 is 0 Å². The van der Waals surface area contributed by atoms with E-state index in [1.165, 1.54) is 22.3 Å². The Kier molecular flexibility index (Phi) is 9.00. The van der Waals surface area contributed by atoms with Gasteiger partial charge in [-0.15, -0.1) is 24.0 Å². The van der Waals surface area contributed by atoms with Crippen LogP contribution in [0.4, 0.5) is 0 Å². The molecule has 2 N–H and O–H groups in total. The molecule has 0 aliphatic carbocycles. The standard InChI is InChI=1S/C22H27N5.HI/c1-3-20-6-4-5-7-21(20)15-26-22(23-2)25-14-18-8-10-19(11-9-18)16-27-13-12-24-17-27;/h4-13,17H,3,14-16H2,1-2H3,(H2,23,25,26);1H. The minimum atomic E-state index is 0. The highest BCUT2D eigenvalue weighted by Gasteiger charge is 2.03. The van der Waals surface area contributed by atoms with Crippen molar-refractivity contribution in [2.24, 2.45) is 4.99 Å². The van der Waals surface area contributed by atoms with Crippen molar-refractivity contribution in [3.63, 3.8) is 0 Å². The summed E-state index contributed by atoms with van der Waals surface area (Å²) in [6.07, 6.45) is 6.65. The van der Waals surface area contributed by atoms with E-state index in [0.717, 1.165) is 32.0 Å². The minimum absolute atomic E-state index is 0. The molecule has 3 aromatic rings. The molecule has 3 rings (SSSR count). The van der Waals surface area contributed by atoms with Gasteiger partial charge < -0.3 is 15.2 Å². The van der Waals surface area contributed by atoms with Crippen molar-refractivity contribution in [3.8, 4) is 0 Å². The summed E-state index contributed by atoms with van der Waals surface area (Å²) in [5, 5.41) is 6.78. The van der Waals surface area contributed by atoms with Crippen molar-refractivity contribution in [3.05, 3.63) is 89.5 Å². The molecule has 1 aromatic heterocycles. The molecule has 0 saturated carbocycles. The minimum Gasteiger partial charge on any atom is -0.352 e. The van der Waals surface area contributed by atoms with E-state index in [2.05, 4.69) is 80.6 Å². The van der Waals surface area contributed by atoms with E-state index in [9.17, 15) is 0 Å². The lowest BCUT2D eigenvalue weighted by Gasteiger charge is -2.14. The summed E-state index contributed by atoms with van der Waals surface area (Å²) in [6, 6.07) is 17.1. The van der Waals surface area contributed by atoms with Crippen LogP contribution in [0.5, 0.6) is 0 Å². The Hall–Kier alpha value is -2.35. The molecule has 0 spiro atoms. The lowest BCUT2D eigenvalue weighted by atomic mass is 10.1. The van der Waals surface area contributed by atoms with E-state index in [1.807, 2.05) is 12.5 Å². The van der Waals surface area contributed by atoms with Gasteiger partial charge in [0.1, 0.15) is 0 Å². The fraction of sp³-hybridized carbons (Fsp3) is 0.273. The average molecular weight is 489 g/mol. The van der Waals surface area contributed by atoms with E-state index < -0.39 is 0 Å². The number of halogens is 1. The molecule has 0 amide bonds. The van der Waals surface area contributed by atoms with Gasteiger partial charge in [-0.25, -0.2) is 4.98 Å². The number of rotatable bonds is 7. The summed E-state index contributed by atoms with van der Waals surface area (Å²) in [6.45, 7) is 4.53. The van der Waals surface area contributed by atoms with Crippen molar-refractivity contribution in [2.45, 2.75) is 33.0 Å². The highest BCUT2D eigenvalue weighted by Crippen LogP contribution is 2.09. The molecule has 6 heteroatoms. The van der Waals surface area contributed by atoms with Gasteiger partial charge in [-0.1, -0.05) is 55.5 Å². The fourth-order valence-electron chi connectivity index (χ4n) is 3.01. The molecular formula is C22H28IN5. The largest absolute Gasteiger partial charge is 0.352 e. The maximum absolute atomic E-state index is 4.33. The first-order valence-electron chi connectivity index (χ1n) is 9.33. The third kappa shape index (κ3) is 6.37. The van der Waals surface area contributed by atoms with Gasteiger partial charge in [0.15, 0.2) is 5.96 Å². The van der Waals surface area contributed by atoms with Gasteiger partial charge >= 0.3 is 0 Å². The second kappa shape index (κ2) is 11.5. The normalized spacial score (nSPS) is 11.0. The highest BCUT2D eigenvalue weighted by atomic mass is 127. The number of guanidine groups is 1. The number of imidazole rings is 1. The number of benzene rings is 2. The predicted octanol–water partition coefficient (Wildman–Crippen LogP) is 3.98. The van der Waals surface area contributed by atoms with Crippen LogP contribution in [0.15, 0.2) is 72.2 Å². The number of aliphatic imine (C=N–C) groups is 1. The molecule has 0 radical (unpaired) electrons. The SMILES string of the molecule is CCc1ccccc1CNC(=NC)NCc1ccc(Cn2ccnc2)cc1.I. The van der Waals surface area contributed by atoms with Gasteiger partial charge in [-0.3, -0.25) is 4.99 Å². The monoisotopic (exact) mass is 489 g/mol. The summed E-state index contributed by atoms with van der Waals surface area (Å²) in [5.74, 6) is 0.809. The fourth-order valence-corrected chi connectivity index (χ4v) is 3.01. The Morgan fingerprint density at radius 3 is 2.29 bits per heavy atom. The molecule has 2 aromatic carbocycles. The maximum Gasteiger partial charge on any atom is 0.191 e. The third-order valence-corrected chi connectivity index (χ3v) is 4.58. The summed E-state index contributed by atoms with van der Waals surface area (Å²) >= 11 is 0. The van der Waals surface area contributed by atoms with Gasteiger partial charge in [-0.2, -0.15) is 0 Å². The zero-order chi connectivity index (χ0) is 18.9. The molecule has 5 nitrogen and oxygen atoms in total. The molecule has 28 heavy (non-hydrogen) atoms. The molecule has 0 atom stereocenters. The first kappa shape index (κ1) is 21.9. The van der Waals surface area contributed by atoms with Crippen LogP contribution in [-0.4, -0.2) is 22.6 Å². The molecular weight excluding hydrogens is 461 g/mol. The van der Waals surface area contributed by atoms with Crippen LogP contribution in [0, 0.1) is 0 Å². The zero-order valence-corrected chi connectivity index (χ0v) is 18.8. The molecule has 0 aliphatic heterocycles. The molecule has 0 fully saturated rings. The van der Waals surface area contributed by atoms with Crippen molar-refractivity contribution in [1.29, 1.82) is 0 Å². The molecule has 148 valence electrons. The average Bonchev–Trinajstić information content (AvgIpc) is 3.22. The Labute approximate surface area is 184 Å². The number of aromatic nitrogens is 2. The van der Waals surface area contributed by atoms with Crippen molar-refractivity contribution in [2.75, 3.05) is 7.05 Å². The predicted molar refractivity (Wildman–Crippen MR) is 126 cm³/mol. The second-order valence-electron chi connectivity index (χ2n) is 6.45. The van der Waals surface area contributed by atoms with Crippen LogP contribution in [0.2, 0.25) is 0 Å². The van der Waals surface area contributed by atoms with Crippen LogP contribution in [0.3, 0.4) is 0 Å². The van der Waals surface area contributed by atoms with Gasteiger partial charge in [0.2, 0.25) is 0 Å². The smallest absolute Gasteiger partial charge is 0.191 e. The number of nitrogens with one attached hydrogen (secondary N) is 2.